The Morgan fingerprint density at radius 1 is 0.938 bits per heavy atom. The third-order valence-corrected chi connectivity index (χ3v) is 3.17. The molecule has 1 aromatic carbocycles. The molecule has 0 atom stereocenters. The first-order valence-electron chi connectivity index (χ1n) is 5.80. The summed E-state index contributed by atoms with van der Waals surface area (Å²) in [7, 11) is 0. The Morgan fingerprint density at radius 3 is 2.69 bits per heavy atom. The second-order valence-corrected chi connectivity index (χ2v) is 4.25. The summed E-state index contributed by atoms with van der Waals surface area (Å²) in [4.78, 5) is 4.05. The Labute approximate surface area is 96.2 Å². The lowest BCUT2D eigenvalue weighted by atomic mass is 9.89. The van der Waals surface area contributed by atoms with E-state index in [4.69, 9.17) is 0 Å². The molecule has 0 N–H and O–H groups in total. The summed E-state index contributed by atoms with van der Waals surface area (Å²) in [5, 5.41) is 0. The molecule has 1 radical (unpaired) electrons. The van der Waals surface area contributed by atoms with E-state index in [1.54, 1.807) is 0 Å². The molecule has 0 fully saturated rings. The Hall–Kier alpha value is -1.63. The van der Waals surface area contributed by atoms with Crippen molar-refractivity contribution >= 4 is 0 Å². The van der Waals surface area contributed by atoms with Gasteiger partial charge >= 0.3 is 0 Å². The number of hydrogen-bond donors (Lipinski definition) is 0. The lowest BCUT2D eigenvalue weighted by Gasteiger charge is -2.16. The molecule has 1 aliphatic carbocycles. The van der Waals surface area contributed by atoms with Gasteiger partial charge in [-0.15, -0.1) is 0 Å². The minimum atomic E-state index is 1.22. The SMILES string of the molecule is [CH]1CCCc2ccc(-c3ccncc3)cc21. The molecular weight excluding hydrogens is 194 g/mol. The zero-order valence-corrected chi connectivity index (χ0v) is 9.19. The van der Waals surface area contributed by atoms with E-state index in [0.29, 0.717) is 0 Å². The first-order chi connectivity index (χ1) is 7.93. The van der Waals surface area contributed by atoms with E-state index in [9.17, 15) is 0 Å². The quantitative estimate of drug-likeness (QED) is 0.697. The fourth-order valence-electron chi connectivity index (χ4n) is 2.29. The highest BCUT2D eigenvalue weighted by Gasteiger charge is 2.09. The van der Waals surface area contributed by atoms with Crippen LogP contribution in [0, 0.1) is 6.42 Å². The predicted molar refractivity (Wildman–Crippen MR) is 66.0 cm³/mol. The zero-order valence-electron chi connectivity index (χ0n) is 9.19. The van der Waals surface area contributed by atoms with Crippen LogP contribution in [-0.2, 0) is 6.42 Å². The van der Waals surface area contributed by atoms with Crippen molar-refractivity contribution in [2.45, 2.75) is 19.3 Å². The van der Waals surface area contributed by atoms with Crippen LogP contribution in [0.3, 0.4) is 0 Å². The molecule has 0 saturated carbocycles. The van der Waals surface area contributed by atoms with Crippen molar-refractivity contribution in [1.29, 1.82) is 0 Å². The van der Waals surface area contributed by atoms with Gasteiger partial charge in [-0.25, -0.2) is 0 Å². The third kappa shape index (κ3) is 1.73. The van der Waals surface area contributed by atoms with Crippen LogP contribution in [0.15, 0.2) is 42.7 Å². The van der Waals surface area contributed by atoms with Crippen LogP contribution in [0.5, 0.6) is 0 Å². The van der Waals surface area contributed by atoms with Crippen LogP contribution in [0.1, 0.15) is 24.0 Å². The minimum absolute atomic E-state index is 1.22. The number of rotatable bonds is 1. The summed E-state index contributed by atoms with van der Waals surface area (Å²) in [6, 6.07) is 10.9. The highest BCUT2D eigenvalue weighted by molar-refractivity contribution is 5.65. The third-order valence-electron chi connectivity index (χ3n) is 3.17. The second kappa shape index (κ2) is 4.09. The van der Waals surface area contributed by atoms with E-state index in [1.807, 2.05) is 12.4 Å². The summed E-state index contributed by atoms with van der Waals surface area (Å²) in [5.74, 6) is 0. The minimum Gasteiger partial charge on any atom is -0.265 e. The molecule has 1 nitrogen and oxygen atoms in total. The van der Waals surface area contributed by atoms with Crippen LogP contribution >= 0.6 is 0 Å². The number of aromatic nitrogens is 1. The summed E-state index contributed by atoms with van der Waals surface area (Å²) >= 11 is 0. The Kier molecular flexibility index (Phi) is 2.45. The molecular formula is C15H14N. The van der Waals surface area contributed by atoms with Gasteiger partial charge in [-0.2, -0.15) is 0 Å². The highest BCUT2D eigenvalue weighted by atomic mass is 14.6. The second-order valence-electron chi connectivity index (χ2n) is 4.25. The molecule has 2 aromatic rings. The molecule has 0 unspecified atom stereocenters. The number of nitrogens with zero attached hydrogens (tertiary/aromatic N) is 1. The summed E-state index contributed by atoms with van der Waals surface area (Å²) in [6.45, 7) is 0. The monoisotopic (exact) mass is 208 g/mol. The molecule has 0 saturated heterocycles. The molecule has 3 rings (SSSR count). The molecule has 0 bridgehead atoms. The smallest absolute Gasteiger partial charge is 0.0273 e. The number of fused-ring (bicyclic) bond motifs is 1. The number of hydrogen-bond acceptors (Lipinski definition) is 1. The van der Waals surface area contributed by atoms with Crippen LogP contribution in [0.4, 0.5) is 0 Å². The average Bonchev–Trinajstić information content (AvgIpc) is 2.39. The lowest BCUT2D eigenvalue weighted by Crippen LogP contribution is -2.00. The first kappa shape index (κ1) is 9.59. The fourth-order valence-corrected chi connectivity index (χ4v) is 2.29. The molecule has 1 heteroatoms. The van der Waals surface area contributed by atoms with Crippen molar-refractivity contribution in [2.24, 2.45) is 0 Å². The maximum absolute atomic E-state index is 4.05. The molecule has 1 heterocycles. The first-order valence-corrected chi connectivity index (χ1v) is 5.80. The molecule has 16 heavy (non-hydrogen) atoms. The lowest BCUT2D eigenvalue weighted by molar-refractivity contribution is 0.775. The van der Waals surface area contributed by atoms with Crippen molar-refractivity contribution in [3.05, 3.63) is 60.3 Å². The number of pyridine rings is 1. The maximum Gasteiger partial charge on any atom is 0.0273 e. The van der Waals surface area contributed by atoms with Gasteiger partial charge in [0, 0.05) is 12.4 Å². The Morgan fingerprint density at radius 2 is 1.81 bits per heavy atom. The predicted octanol–water partition coefficient (Wildman–Crippen LogP) is 3.64. The van der Waals surface area contributed by atoms with Gasteiger partial charge in [0.05, 0.1) is 0 Å². The van der Waals surface area contributed by atoms with Crippen molar-refractivity contribution < 1.29 is 0 Å². The van der Waals surface area contributed by atoms with E-state index < -0.39 is 0 Å². The van der Waals surface area contributed by atoms with Gasteiger partial charge in [-0.1, -0.05) is 18.2 Å². The van der Waals surface area contributed by atoms with Gasteiger partial charge in [-0.05, 0) is 60.1 Å². The van der Waals surface area contributed by atoms with Gasteiger partial charge in [0.25, 0.3) is 0 Å². The normalized spacial score (nSPS) is 14.5. The van der Waals surface area contributed by atoms with Gasteiger partial charge in [0.1, 0.15) is 0 Å². The van der Waals surface area contributed by atoms with E-state index in [2.05, 4.69) is 41.7 Å². The van der Waals surface area contributed by atoms with Crippen LogP contribution in [0.25, 0.3) is 11.1 Å². The van der Waals surface area contributed by atoms with Crippen molar-refractivity contribution in [3.8, 4) is 11.1 Å². The van der Waals surface area contributed by atoms with Crippen molar-refractivity contribution in [3.63, 3.8) is 0 Å². The van der Waals surface area contributed by atoms with E-state index in [1.165, 1.54) is 41.5 Å². The Bertz CT molecular complexity index is 488. The highest BCUT2D eigenvalue weighted by Crippen LogP contribution is 2.27. The van der Waals surface area contributed by atoms with Crippen LogP contribution in [-0.4, -0.2) is 4.98 Å². The van der Waals surface area contributed by atoms with Crippen LogP contribution < -0.4 is 0 Å². The van der Waals surface area contributed by atoms with Gasteiger partial charge in [0.15, 0.2) is 0 Å². The summed E-state index contributed by atoms with van der Waals surface area (Å²) in [6.07, 6.45) is 9.78. The molecule has 79 valence electrons. The molecule has 0 aliphatic heterocycles. The zero-order chi connectivity index (χ0) is 10.8. The molecule has 0 amide bonds. The summed E-state index contributed by atoms with van der Waals surface area (Å²) < 4.78 is 0. The van der Waals surface area contributed by atoms with E-state index in [0.717, 1.165) is 0 Å². The van der Waals surface area contributed by atoms with Crippen molar-refractivity contribution in [2.75, 3.05) is 0 Å². The van der Waals surface area contributed by atoms with E-state index in [-0.39, 0.29) is 0 Å². The molecule has 1 aromatic heterocycles. The maximum atomic E-state index is 4.05. The fraction of sp³-hybridized carbons (Fsp3) is 0.200. The standard InChI is InChI=1S/C15H14N/c1-2-4-14-11-15(6-5-12(14)3-1)13-7-9-16-10-8-13/h4-11H,1-3H2. The van der Waals surface area contributed by atoms with E-state index >= 15 is 0 Å². The van der Waals surface area contributed by atoms with Gasteiger partial charge in [-0.3, -0.25) is 4.98 Å². The van der Waals surface area contributed by atoms with Crippen molar-refractivity contribution in [1.82, 2.24) is 4.98 Å². The topological polar surface area (TPSA) is 12.9 Å². The number of aryl methyl sites for hydroxylation is 1. The summed E-state index contributed by atoms with van der Waals surface area (Å²) in [5.41, 5.74) is 5.45. The molecule has 1 aliphatic rings. The Balaban J connectivity index is 2.03. The van der Waals surface area contributed by atoms with Crippen LogP contribution in [0.2, 0.25) is 0 Å². The van der Waals surface area contributed by atoms with Gasteiger partial charge in [0.2, 0.25) is 0 Å². The largest absolute Gasteiger partial charge is 0.265 e. The average molecular weight is 208 g/mol. The number of benzene rings is 1. The van der Waals surface area contributed by atoms with Gasteiger partial charge < -0.3 is 0 Å². The molecule has 0 spiro atoms.